The fourth-order valence-electron chi connectivity index (χ4n) is 2.78. The topological polar surface area (TPSA) is 61.4 Å². The largest absolute Gasteiger partial charge is 0.353 e. The molecule has 25 heavy (non-hydrogen) atoms. The van der Waals surface area contributed by atoms with E-state index < -0.39 is 0 Å². The molecule has 0 bridgehead atoms. The molecule has 0 unspecified atom stereocenters. The molecule has 3 rings (SSSR count). The number of benzene rings is 1. The van der Waals surface area contributed by atoms with Gasteiger partial charge in [-0.3, -0.25) is 0 Å². The molecule has 132 valence electrons. The second kappa shape index (κ2) is 7.92. The average molecular weight is 343 g/mol. The number of piperazine rings is 1. The van der Waals surface area contributed by atoms with Gasteiger partial charge >= 0.3 is 6.03 Å². The zero-order chi connectivity index (χ0) is 17.6. The predicted octanol–water partition coefficient (Wildman–Crippen LogP) is 2.52. The maximum absolute atomic E-state index is 13.1. The van der Waals surface area contributed by atoms with Gasteiger partial charge in [-0.15, -0.1) is 0 Å². The van der Waals surface area contributed by atoms with Crippen molar-refractivity contribution in [3.63, 3.8) is 0 Å². The van der Waals surface area contributed by atoms with E-state index in [2.05, 4.69) is 20.2 Å². The Morgan fingerprint density at radius 1 is 1.16 bits per heavy atom. The second-order valence-corrected chi connectivity index (χ2v) is 5.97. The summed E-state index contributed by atoms with van der Waals surface area (Å²) in [5.74, 6) is 0.554. The van der Waals surface area contributed by atoms with E-state index in [1.54, 1.807) is 12.1 Å². The van der Waals surface area contributed by atoms with Crippen LogP contribution in [0.4, 0.5) is 15.0 Å². The third-order valence-electron chi connectivity index (χ3n) is 4.21. The average Bonchev–Trinajstić information content (AvgIpc) is 2.67. The Balaban J connectivity index is 1.65. The molecule has 6 nitrogen and oxygen atoms in total. The summed E-state index contributed by atoms with van der Waals surface area (Å²) >= 11 is 0. The number of carbonyl (C=O) groups excluding carboxylic acids is 1. The molecule has 1 aromatic carbocycles. The van der Waals surface area contributed by atoms with Crippen LogP contribution in [0.25, 0.3) is 11.3 Å². The summed E-state index contributed by atoms with van der Waals surface area (Å²) in [4.78, 5) is 24.6. The molecule has 0 spiro atoms. The van der Waals surface area contributed by atoms with Crippen LogP contribution >= 0.6 is 0 Å². The number of aromatic nitrogens is 2. The normalized spacial score (nSPS) is 14.5. The molecular formula is C18H22FN5O. The van der Waals surface area contributed by atoms with Gasteiger partial charge in [0.1, 0.15) is 18.0 Å². The van der Waals surface area contributed by atoms with Crippen molar-refractivity contribution in [3.8, 4) is 11.3 Å². The minimum absolute atomic E-state index is 0.00353. The molecule has 2 aromatic rings. The Morgan fingerprint density at radius 3 is 2.56 bits per heavy atom. The van der Waals surface area contributed by atoms with Crippen molar-refractivity contribution < 1.29 is 9.18 Å². The van der Waals surface area contributed by atoms with Crippen molar-refractivity contribution in [1.82, 2.24) is 20.2 Å². The smallest absolute Gasteiger partial charge is 0.317 e. The van der Waals surface area contributed by atoms with Crippen LogP contribution in [0.2, 0.25) is 0 Å². The van der Waals surface area contributed by atoms with Gasteiger partial charge in [0.25, 0.3) is 0 Å². The van der Waals surface area contributed by atoms with Crippen LogP contribution in [0.1, 0.15) is 13.3 Å². The van der Waals surface area contributed by atoms with Crippen LogP contribution in [0.5, 0.6) is 0 Å². The second-order valence-electron chi connectivity index (χ2n) is 5.97. The molecule has 7 heteroatoms. The van der Waals surface area contributed by atoms with Gasteiger partial charge in [-0.1, -0.05) is 6.92 Å². The SMILES string of the molecule is CCCNC(=O)N1CCN(c2cc(-c3ccc(F)cc3)ncn2)CC1. The lowest BCUT2D eigenvalue weighted by Gasteiger charge is -2.35. The first kappa shape index (κ1) is 17.1. The van der Waals surface area contributed by atoms with Crippen molar-refractivity contribution in [1.29, 1.82) is 0 Å². The standard InChI is InChI=1S/C18H22FN5O/c1-2-7-20-18(25)24-10-8-23(9-11-24)17-12-16(21-13-22-17)14-3-5-15(19)6-4-14/h3-6,12-13H,2,7-11H2,1H3,(H,20,25). The van der Waals surface area contributed by atoms with Crippen LogP contribution in [-0.2, 0) is 0 Å². The Hall–Kier alpha value is -2.70. The quantitative estimate of drug-likeness (QED) is 0.927. The zero-order valence-electron chi connectivity index (χ0n) is 14.3. The van der Waals surface area contributed by atoms with Gasteiger partial charge in [-0.25, -0.2) is 19.2 Å². The monoisotopic (exact) mass is 343 g/mol. The Kier molecular flexibility index (Phi) is 5.42. The number of halogens is 1. The molecule has 1 aromatic heterocycles. The molecule has 1 saturated heterocycles. The first-order valence-electron chi connectivity index (χ1n) is 8.53. The molecule has 0 atom stereocenters. The number of hydrogen-bond acceptors (Lipinski definition) is 4. The zero-order valence-corrected chi connectivity index (χ0v) is 14.3. The number of nitrogens with one attached hydrogen (secondary N) is 1. The highest BCUT2D eigenvalue weighted by Gasteiger charge is 2.21. The minimum atomic E-state index is -0.268. The van der Waals surface area contributed by atoms with Gasteiger partial charge in [0.2, 0.25) is 0 Å². The van der Waals surface area contributed by atoms with Gasteiger partial charge in [0.15, 0.2) is 0 Å². The van der Waals surface area contributed by atoms with E-state index in [0.717, 1.165) is 36.6 Å². The highest BCUT2D eigenvalue weighted by molar-refractivity contribution is 5.74. The third kappa shape index (κ3) is 4.23. The Morgan fingerprint density at radius 2 is 1.88 bits per heavy atom. The van der Waals surface area contributed by atoms with Crippen molar-refractivity contribution in [2.24, 2.45) is 0 Å². The van der Waals surface area contributed by atoms with Gasteiger partial charge in [0.05, 0.1) is 5.69 Å². The van der Waals surface area contributed by atoms with E-state index in [4.69, 9.17) is 0 Å². The molecule has 0 radical (unpaired) electrons. The molecule has 0 aliphatic carbocycles. The molecule has 2 heterocycles. The van der Waals surface area contributed by atoms with Gasteiger partial charge in [-0.2, -0.15) is 0 Å². The number of urea groups is 1. The molecular weight excluding hydrogens is 321 g/mol. The molecule has 2 amide bonds. The van der Waals surface area contributed by atoms with E-state index in [-0.39, 0.29) is 11.8 Å². The number of carbonyl (C=O) groups is 1. The van der Waals surface area contributed by atoms with Gasteiger partial charge in [-0.05, 0) is 30.7 Å². The molecule has 1 aliphatic heterocycles. The van der Waals surface area contributed by atoms with Crippen LogP contribution < -0.4 is 10.2 Å². The summed E-state index contributed by atoms with van der Waals surface area (Å²) in [5, 5.41) is 2.90. The van der Waals surface area contributed by atoms with Gasteiger partial charge in [0, 0.05) is 44.4 Å². The molecule has 1 N–H and O–H groups in total. The van der Waals surface area contributed by atoms with Crippen molar-refractivity contribution >= 4 is 11.8 Å². The fourth-order valence-corrected chi connectivity index (χ4v) is 2.78. The number of nitrogens with zero attached hydrogens (tertiary/aromatic N) is 4. The van der Waals surface area contributed by atoms with Crippen molar-refractivity contribution in [2.75, 3.05) is 37.6 Å². The van der Waals surface area contributed by atoms with Crippen molar-refractivity contribution in [2.45, 2.75) is 13.3 Å². The van der Waals surface area contributed by atoms with Crippen molar-refractivity contribution in [3.05, 3.63) is 42.5 Å². The van der Waals surface area contributed by atoms with Gasteiger partial charge < -0.3 is 15.1 Å². The number of anilines is 1. The first-order chi connectivity index (χ1) is 12.2. The van der Waals surface area contributed by atoms with E-state index >= 15 is 0 Å². The minimum Gasteiger partial charge on any atom is -0.353 e. The van der Waals surface area contributed by atoms with E-state index in [1.807, 2.05) is 17.9 Å². The number of amides is 2. The fraction of sp³-hybridized carbons (Fsp3) is 0.389. The molecule has 0 saturated carbocycles. The summed E-state index contributed by atoms with van der Waals surface area (Å²) in [5.41, 5.74) is 1.61. The van der Waals surface area contributed by atoms with Crippen LogP contribution in [0, 0.1) is 5.82 Å². The lowest BCUT2D eigenvalue weighted by atomic mass is 10.1. The number of hydrogen-bond donors (Lipinski definition) is 1. The summed E-state index contributed by atoms with van der Waals surface area (Å²) < 4.78 is 13.1. The predicted molar refractivity (Wildman–Crippen MR) is 94.9 cm³/mol. The molecule has 1 aliphatic rings. The maximum Gasteiger partial charge on any atom is 0.317 e. The summed E-state index contributed by atoms with van der Waals surface area (Å²) in [7, 11) is 0. The lowest BCUT2D eigenvalue weighted by Crippen LogP contribution is -2.52. The van der Waals surface area contributed by atoms with E-state index in [0.29, 0.717) is 19.6 Å². The highest BCUT2D eigenvalue weighted by atomic mass is 19.1. The first-order valence-corrected chi connectivity index (χ1v) is 8.53. The van der Waals surface area contributed by atoms with Crippen LogP contribution in [0.3, 0.4) is 0 Å². The third-order valence-corrected chi connectivity index (χ3v) is 4.21. The lowest BCUT2D eigenvalue weighted by molar-refractivity contribution is 0.194. The van der Waals surface area contributed by atoms with E-state index in [9.17, 15) is 9.18 Å². The Labute approximate surface area is 146 Å². The summed E-state index contributed by atoms with van der Waals surface area (Å²) in [6, 6.07) is 8.15. The highest BCUT2D eigenvalue weighted by Crippen LogP contribution is 2.21. The summed E-state index contributed by atoms with van der Waals surface area (Å²) in [6.45, 7) is 5.49. The Bertz CT molecular complexity index is 714. The summed E-state index contributed by atoms with van der Waals surface area (Å²) in [6.07, 6.45) is 2.45. The maximum atomic E-state index is 13.1. The van der Waals surface area contributed by atoms with E-state index in [1.165, 1.54) is 18.5 Å². The molecule has 1 fully saturated rings. The number of rotatable bonds is 4. The van der Waals surface area contributed by atoms with Crippen LogP contribution in [0.15, 0.2) is 36.7 Å². The van der Waals surface area contributed by atoms with Crippen LogP contribution in [-0.4, -0.2) is 53.6 Å².